The second kappa shape index (κ2) is 14.5. The summed E-state index contributed by atoms with van der Waals surface area (Å²) in [7, 11) is 2.21. The van der Waals surface area contributed by atoms with Crippen LogP contribution in [0.4, 0.5) is 0 Å². The summed E-state index contributed by atoms with van der Waals surface area (Å²) in [5.41, 5.74) is 6.46. The Bertz CT molecular complexity index is 1260. The highest BCUT2D eigenvalue weighted by molar-refractivity contribution is 5.74. The lowest BCUT2D eigenvalue weighted by Gasteiger charge is -2.33. The molecule has 2 aliphatic heterocycles. The predicted octanol–water partition coefficient (Wildman–Crippen LogP) is 7.20. The van der Waals surface area contributed by atoms with Crippen LogP contribution in [-0.4, -0.2) is 69.9 Å². The summed E-state index contributed by atoms with van der Waals surface area (Å²) in [4.78, 5) is 16.4. The zero-order valence-electron chi connectivity index (χ0n) is 25.9. The highest BCUT2D eigenvalue weighted by Crippen LogP contribution is 2.35. The maximum absolute atomic E-state index is 11.8. The minimum absolute atomic E-state index is 0.265. The van der Waals surface area contributed by atoms with Crippen molar-refractivity contribution >= 4 is 5.97 Å². The van der Waals surface area contributed by atoms with Crippen molar-refractivity contribution < 1.29 is 9.90 Å². The number of aryl methyl sites for hydroxylation is 2. The van der Waals surface area contributed by atoms with E-state index in [1.807, 2.05) is 6.07 Å². The lowest BCUT2D eigenvalue weighted by atomic mass is 9.83. The molecule has 2 saturated heterocycles. The minimum Gasteiger partial charge on any atom is -0.480 e. The first-order chi connectivity index (χ1) is 20.4. The van der Waals surface area contributed by atoms with Gasteiger partial charge in [-0.15, -0.1) is 0 Å². The second-order valence-corrected chi connectivity index (χ2v) is 12.8. The molecule has 3 heterocycles. The van der Waals surface area contributed by atoms with Gasteiger partial charge in [-0.3, -0.25) is 14.4 Å². The van der Waals surface area contributed by atoms with Crippen LogP contribution in [0.2, 0.25) is 0 Å². The van der Waals surface area contributed by atoms with Crippen molar-refractivity contribution in [3.8, 4) is 11.3 Å². The highest BCUT2D eigenvalue weighted by Gasteiger charge is 2.38. The number of piperidine rings is 1. The fourth-order valence-electron chi connectivity index (χ4n) is 7.28. The average molecular weight is 571 g/mol. The summed E-state index contributed by atoms with van der Waals surface area (Å²) in [6.45, 7) is 9.42. The van der Waals surface area contributed by atoms with Gasteiger partial charge in [-0.25, -0.2) is 0 Å². The Kier molecular flexibility index (Phi) is 10.5. The van der Waals surface area contributed by atoms with Gasteiger partial charge in [0.05, 0.1) is 11.4 Å². The van der Waals surface area contributed by atoms with Gasteiger partial charge in [0.25, 0.3) is 0 Å². The molecule has 0 radical (unpaired) electrons. The van der Waals surface area contributed by atoms with Crippen molar-refractivity contribution in [1.29, 1.82) is 0 Å². The quantitative estimate of drug-likeness (QED) is 0.326. The smallest absolute Gasteiger partial charge is 0.321 e. The van der Waals surface area contributed by atoms with Crippen molar-refractivity contribution in [2.75, 3.05) is 33.2 Å². The molecule has 0 spiro atoms. The Labute approximate surface area is 252 Å². The summed E-state index contributed by atoms with van der Waals surface area (Å²) in [5.74, 6) is 0.858. The number of likely N-dealkylation sites (tertiary alicyclic amines) is 2. The molecule has 1 N–H and O–H groups in total. The number of hydrogen-bond acceptors (Lipinski definition) is 4. The summed E-state index contributed by atoms with van der Waals surface area (Å²) in [6.07, 6.45) is 9.38. The molecule has 1 saturated carbocycles. The number of carboxylic acid groups (broad SMARTS) is 1. The summed E-state index contributed by atoms with van der Waals surface area (Å²) < 4.78 is 2.15. The van der Waals surface area contributed by atoms with E-state index in [1.165, 1.54) is 73.3 Å². The summed E-state index contributed by atoms with van der Waals surface area (Å²) in [6, 6.07) is 21.3. The molecular weight excluding hydrogens is 520 g/mol. The molecule has 6 heteroatoms. The van der Waals surface area contributed by atoms with Gasteiger partial charge in [0.1, 0.15) is 6.04 Å². The van der Waals surface area contributed by atoms with E-state index in [0.717, 1.165) is 38.9 Å². The lowest BCUT2D eigenvalue weighted by Crippen LogP contribution is -2.45. The van der Waals surface area contributed by atoms with Crippen LogP contribution in [0, 0.1) is 12.8 Å². The monoisotopic (exact) mass is 570 g/mol. The number of carbonyl (C=O) groups is 1. The first-order valence-corrected chi connectivity index (χ1v) is 16.3. The number of benzene rings is 2. The largest absolute Gasteiger partial charge is 0.480 e. The molecule has 1 aliphatic carbocycles. The maximum atomic E-state index is 11.8. The number of nitrogens with zero attached hydrogens (tertiary/aromatic N) is 4. The van der Waals surface area contributed by atoms with Crippen LogP contribution in [0.3, 0.4) is 0 Å². The predicted molar refractivity (Wildman–Crippen MR) is 171 cm³/mol. The van der Waals surface area contributed by atoms with Gasteiger partial charge >= 0.3 is 5.97 Å². The van der Waals surface area contributed by atoms with Crippen molar-refractivity contribution in [3.05, 3.63) is 77.5 Å². The van der Waals surface area contributed by atoms with E-state index in [2.05, 4.69) is 90.0 Å². The van der Waals surface area contributed by atoms with Gasteiger partial charge in [0.2, 0.25) is 0 Å². The fraction of sp³-hybridized carbons (Fsp3) is 0.556. The second-order valence-electron chi connectivity index (χ2n) is 12.8. The fourth-order valence-corrected chi connectivity index (χ4v) is 7.28. The Balaban J connectivity index is 0.000000168. The van der Waals surface area contributed by atoms with Crippen LogP contribution in [0.15, 0.2) is 60.7 Å². The van der Waals surface area contributed by atoms with Gasteiger partial charge in [-0.1, -0.05) is 79.4 Å². The third-order valence-electron chi connectivity index (χ3n) is 9.82. The van der Waals surface area contributed by atoms with Gasteiger partial charge in [0, 0.05) is 19.0 Å². The normalized spacial score (nSPS) is 21.5. The van der Waals surface area contributed by atoms with E-state index < -0.39 is 5.97 Å². The van der Waals surface area contributed by atoms with Gasteiger partial charge < -0.3 is 10.0 Å². The Morgan fingerprint density at radius 2 is 1.57 bits per heavy atom. The number of rotatable bonds is 7. The van der Waals surface area contributed by atoms with Crippen LogP contribution < -0.4 is 0 Å². The van der Waals surface area contributed by atoms with E-state index in [4.69, 9.17) is 5.10 Å². The average Bonchev–Trinajstić information content (AvgIpc) is 3.67. The molecule has 3 fully saturated rings. The van der Waals surface area contributed by atoms with Crippen LogP contribution in [0.25, 0.3) is 11.3 Å². The van der Waals surface area contributed by atoms with E-state index in [0.29, 0.717) is 17.8 Å². The molecule has 0 bridgehead atoms. The molecular formula is C36H50N4O2. The molecule has 42 heavy (non-hydrogen) atoms. The SMILES string of the molecule is CCn1nc(C2CCN(C)CC2)cc1-c1ccc(C)cc1.O=C(O)C(C1CCCCC1)N1CCC(c2ccccc2)C1. The highest BCUT2D eigenvalue weighted by atomic mass is 16.4. The Morgan fingerprint density at radius 1 is 0.905 bits per heavy atom. The van der Waals surface area contributed by atoms with Crippen LogP contribution in [0.1, 0.15) is 86.9 Å². The first kappa shape index (κ1) is 30.5. The van der Waals surface area contributed by atoms with E-state index in [1.54, 1.807) is 0 Å². The lowest BCUT2D eigenvalue weighted by molar-refractivity contribution is -0.145. The standard InChI is InChI=1S/C18H25N3.C18H25NO2/c1-4-21-18(16-7-5-14(2)6-8-16)13-17(19-21)15-9-11-20(3)12-10-15;20-18(21)17(15-9-5-2-6-10-15)19-12-11-16(13-19)14-7-3-1-4-8-14/h5-8,13,15H,4,9-12H2,1-3H3;1,3-4,7-8,15-17H,2,5-6,9-13H2,(H,20,21). The zero-order valence-corrected chi connectivity index (χ0v) is 25.9. The number of hydrogen-bond donors (Lipinski definition) is 1. The van der Waals surface area contributed by atoms with E-state index in [-0.39, 0.29) is 6.04 Å². The molecule has 2 aromatic carbocycles. The molecule has 1 aromatic heterocycles. The number of carboxylic acids is 1. The topological polar surface area (TPSA) is 61.6 Å². The summed E-state index contributed by atoms with van der Waals surface area (Å²) in [5, 5.41) is 14.6. The van der Waals surface area contributed by atoms with Crippen molar-refractivity contribution in [3.63, 3.8) is 0 Å². The molecule has 2 atom stereocenters. The first-order valence-electron chi connectivity index (χ1n) is 16.3. The van der Waals surface area contributed by atoms with Gasteiger partial charge in [-0.2, -0.15) is 5.10 Å². The molecule has 6 nitrogen and oxygen atoms in total. The molecule has 0 amide bonds. The van der Waals surface area contributed by atoms with Crippen molar-refractivity contribution in [2.24, 2.45) is 5.92 Å². The molecule has 6 rings (SSSR count). The third-order valence-corrected chi connectivity index (χ3v) is 9.82. The molecule has 2 unspecified atom stereocenters. The molecule has 3 aliphatic rings. The van der Waals surface area contributed by atoms with Crippen LogP contribution in [0.5, 0.6) is 0 Å². The van der Waals surface area contributed by atoms with Crippen molar-refractivity contribution in [1.82, 2.24) is 19.6 Å². The van der Waals surface area contributed by atoms with Crippen LogP contribution >= 0.6 is 0 Å². The molecule has 3 aromatic rings. The molecule has 226 valence electrons. The van der Waals surface area contributed by atoms with Gasteiger partial charge in [-0.05, 0) is 102 Å². The maximum Gasteiger partial charge on any atom is 0.321 e. The minimum atomic E-state index is -0.615. The van der Waals surface area contributed by atoms with E-state index >= 15 is 0 Å². The Hall–Kier alpha value is -2.96. The third kappa shape index (κ3) is 7.51. The van der Waals surface area contributed by atoms with E-state index in [9.17, 15) is 9.90 Å². The van der Waals surface area contributed by atoms with Crippen LogP contribution in [-0.2, 0) is 11.3 Å². The van der Waals surface area contributed by atoms with Gasteiger partial charge in [0.15, 0.2) is 0 Å². The number of aliphatic carboxylic acids is 1. The zero-order chi connectivity index (χ0) is 29.5. The number of aromatic nitrogens is 2. The Morgan fingerprint density at radius 3 is 2.21 bits per heavy atom. The van der Waals surface area contributed by atoms with Crippen molar-refractivity contribution in [2.45, 2.75) is 89.6 Å². The summed E-state index contributed by atoms with van der Waals surface area (Å²) >= 11 is 0.